The van der Waals surface area contributed by atoms with Gasteiger partial charge < -0.3 is 0 Å². The van der Waals surface area contributed by atoms with Crippen LogP contribution in [-0.4, -0.2) is 14.5 Å². The van der Waals surface area contributed by atoms with E-state index in [0.717, 1.165) is 38.6 Å². The van der Waals surface area contributed by atoms with Crippen molar-refractivity contribution in [1.29, 1.82) is 0 Å². The third-order valence-corrected chi connectivity index (χ3v) is 12.8. The van der Waals surface area contributed by atoms with E-state index < -0.39 is 0 Å². The van der Waals surface area contributed by atoms with Gasteiger partial charge in [0, 0.05) is 41.9 Å². The third kappa shape index (κ3) is 3.65. The predicted octanol–water partition coefficient (Wildman–Crippen LogP) is 14.0. The monoisotopic (exact) mass is 701 g/mol. The highest BCUT2D eigenvalue weighted by Gasteiger charge is 2.24. The van der Waals surface area contributed by atoms with E-state index in [4.69, 9.17) is 9.97 Å². The van der Waals surface area contributed by atoms with Crippen LogP contribution in [0.2, 0.25) is 0 Å². The van der Waals surface area contributed by atoms with E-state index in [0.29, 0.717) is 5.95 Å². The van der Waals surface area contributed by atoms with Crippen LogP contribution < -0.4 is 0 Å². The van der Waals surface area contributed by atoms with Crippen molar-refractivity contribution in [1.82, 2.24) is 14.5 Å². The minimum absolute atomic E-state index is 0.675. The van der Waals surface area contributed by atoms with Crippen LogP contribution in [0.15, 0.2) is 164 Å². The zero-order chi connectivity index (χ0) is 35.1. The second kappa shape index (κ2) is 10.4. The largest absolute Gasteiger partial charge is 0.278 e. The summed E-state index contributed by atoms with van der Waals surface area (Å²) in [4.78, 5) is 11.2. The Bertz CT molecular complexity index is 3740. The van der Waals surface area contributed by atoms with Gasteiger partial charge in [-0.2, -0.15) is 0 Å². The summed E-state index contributed by atoms with van der Waals surface area (Å²) in [6.07, 6.45) is 0. The fourth-order valence-electron chi connectivity index (χ4n) is 9.51. The van der Waals surface area contributed by atoms with Crippen LogP contribution in [0.3, 0.4) is 0 Å². The molecular formula is C50H27N3S. The summed E-state index contributed by atoms with van der Waals surface area (Å²) >= 11 is 1.88. The number of fused-ring (bicyclic) bond motifs is 9. The molecule has 3 heterocycles. The molecule has 4 heteroatoms. The number of benzene rings is 9. The third-order valence-electron chi connectivity index (χ3n) is 11.7. The number of thiophene rings is 1. The van der Waals surface area contributed by atoms with Crippen molar-refractivity contribution in [2.45, 2.75) is 0 Å². The summed E-state index contributed by atoms with van der Waals surface area (Å²) in [5, 5.41) is 18.5. The Morgan fingerprint density at radius 2 is 0.981 bits per heavy atom. The van der Waals surface area contributed by atoms with Gasteiger partial charge in [-0.25, -0.2) is 9.97 Å². The first-order chi connectivity index (χ1) is 26.8. The Labute approximate surface area is 312 Å². The Kier molecular flexibility index (Phi) is 5.51. The van der Waals surface area contributed by atoms with E-state index in [1.54, 1.807) is 0 Å². The normalized spacial score (nSPS) is 12.4. The topological polar surface area (TPSA) is 30.7 Å². The van der Waals surface area contributed by atoms with Crippen LogP contribution >= 0.6 is 11.3 Å². The van der Waals surface area contributed by atoms with Gasteiger partial charge in [0.05, 0.1) is 22.2 Å². The molecule has 0 aliphatic heterocycles. The number of hydrogen-bond acceptors (Lipinski definition) is 3. The lowest BCUT2D eigenvalue weighted by Crippen LogP contribution is -2.04. The molecule has 0 atom stereocenters. The lowest BCUT2D eigenvalue weighted by Gasteiger charge is -2.16. The second-order valence-electron chi connectivity index (χ2n) is 14.4. The van der Waals surface area contributed by atoms with Crippen molar-refractivity contribution >= 4 is 118 Å². The first-order valence-electron chi connectivity index (χ1n) is 18.4. The van der Waals surface area contributed by atoms with Crippen LogP contribution in [0.1, 0.15) is 0 Å². The zero-order valence-electron chi connectivity index (χ0n) is 28.8. The standard InChI is InChI=1S/C50H27N3S/c1-4-14-31-28(11-1)23-24-39-44(31)49(38-27-29-12-2-3-13-30(29)32-15-5-8-18-35(32)38)52-50(51-39)53-40-21-9-19-36-33-16-6-7-17-34(33)37-20-10-22-42-46(37)48-43(54-42)26-25-41(53)47(48)45(36)40/h1-27H. The molecule has 0 saturated heterocycles. The van der Waals surface area contributed by atoms with Gasteiger partial charge in [0.25, 0.3) is 0 Å². The quantitative estimate of drug-likeness (QED) is 0.168. The number of rotatable bonds is 2. The molecule has 0 saturated carbocycles. The molecule has 0 radical (unpaired) electrons. The highest BCUT2D eigenvalue weighted by Crippen LogP contribution is 2.49. The van der Waals surface area contributed by atoms with Crippen molar-refractivity contribution in [2.75, 3.05) is 0 Å². The fraction of sp³-hybridized carbons (Fsp3) is 0. The van der Waals surface area contributed by atoms with Crippen molar-refractivity contribution in [3.8, 4) is 17.2 Å². The molecule has 54 heavy (non-hydrogen) atoms. The molecular weight excluding hydrogens is 675 g/mol. The summed E-state index contributed by atoms with van der Waals surface area (Å²) in [7, 11) is 0. The Balaban J connectivity index is 1.25. The van der Waals surface area contributed by atoms with Gasteiger partial charge in [-0.1, -0.05) is 127 Å². The van der Waals surface area contributed by atoms with Crippen LogP contribution in [0.25, 0.3) is 124 Å². The average molecular weight is 702 g/mol. The molecule has 0 bridgehead atoms. The van der Waals surface area contributed by atoms with Crippen molar-refractivity contribution < 1.29 is 0 Å². The van der Waals surface area contributed by atoms with Gasteiger partial charge in [0.2, 0.25) is 5.95 Å². The number of hydrogen-bond donors (Lipinski definition) is 0. The van der Waals surface area contributed by atoms with Crippen molar-refractivity contribution in [3.63, 3.8) is 0 Å². The van der Waals surface area contributed by atoms with E-state index in [2.05, 4.69) is 168 Å². The molecule has 0 aliphatic rings. The maximum Gasteiger partial charge on any atom is 0.235 e. The van der Waals surface area contributed by atoms with E-state index in [-0.39, 0.29) is 0 Å². The van der Waals surface area contributed by atoms with Crippen LogP contribution in [-0.2, 0) is 0 Å². The second-order valence-corrected chi connectivity index (χ2v) is 15.5. The maximum absolute atomic E-state index is 5.72. The molecule has 13 rings (SSSR count). The molecule has 0 N–H and O–H groups in total. The van der Waals surface area contributed by atoms with Crippen molar-refractivity contribution in [3.05, 3.63) is 164 Å². The van der Waals surface area contributed by atoms with E-state index in [1.165, 1.54) is 79.4 Å². The average Bonchev–Trinajstić information content (AvgIpc) is 3.78. The maximum atomic E-state index is 5.72. The molecule has 3 aromatic heterocycles. The molecule has 13 aromatic rings. The molecule has 0 aliphatic carbocycles. The van der Waals surface area contributed by atoms with Gasteiger partial charge in [0.15, 0.2) is 0 Å². The SMILES string of the molecule is c1ccc2c(c1)cc(-c1nc(-n3c4cccc5c6ccccc6c6cccc7sc8ccc3c(c8c76)c54)nc3ccc4ccccc4c13)c1ccccc12. The molecule has 0 fully saturated rings. The van der Waals surface area contributed by atoms with Crippen LogP contribution in [0.4, 0.5) is 0 Å². The van der Waals surface area contributed by atoms with Crippen molar-refractivity contribution in [2.24, 2.45) is 0 Å². The summed E-state index contributed by atoms with van der Waals surface area (Å²) < 4.78 is 4.94. The first-order valence-corrected chi connectivity index (χ1v) is 19.2. The Morgan fingerprint density at radius 1 is 0.370 bits per heavy atom. The lowest BCUT2D eigenvalue weighted by molar-refractivity contribution is 1.02. The number of aromatic nitrogens is 3. The highest BCUT2D eigenvalue weighted by molar-refractivity contribution is 7.26. The minimum Gasteiger partial charge on any atom is -0.278 e. The molecule has 10 aromatic carbocycles. The molecule has 3 nitrogen and oxygen atoms in total. The molecule has 0 spiro atoms. The van der Waals surface area contributed by atoms with Crippen LogP contribution in [0.5, 0.6) is 0 Å². The predicted molar refractivity (Wildman–Crippen MR) is 231 cm³/mol. The summed E-state index contributed by atoms with van der Waals surface area (Å²) in [6, 6.07) is 59.8. The minimum atomic E-state index is 0.675. The first kappa shape index (κ1) is 28.7. The zero-order valence-corrected chi connectivity index (χ0v) is 29.7. The fourth-order valence-corrected chi connectivity index (χ4v) is 10.6. The lowest BCUT2D eigenvalue weighted by atomic mass is 9.93. The number of nitrogens with zero attached hydrogens (tertiary/aromatic N) is 3. The summed E-state index contributed by atoms with van der Waals surface area (Å²) in [5.41, 5.74) is 5.21. The van der Waals surface area contributed by atoms with Gasteiger partial charge in [-0.05, 0) is 90.3 Å². The molecule has 0 amide bonds. The van der Waals surface area contributed by atoms with Crippen LogP contribution in [0, 0.1) is 0 Å². The smallest absolute Gasteiger partial charge is 0.235 e. The molecule has 248 valence electrons. The van der Waals surface area contributed by atoms with Gasteiger partial charge in [0.1, 0.15) is 0 Å². The van der Waals surface area contributed by atoms with Gasteiger partial charge in [-0.3, -0.25) is 4.57 Å². The highest BCUT2D eigenvalue weighted by atomic mass is 32.1. The van der Waals surface area contributed by atoms with Gasteiger partial charge in [-0.15, -0.1) is 11.3 Å². The summed E-state index contributed by atoms with van der Waals surface area (Å²) in [6.45, 7) is 0. The Morgan fingerprint density at radius 3 is 1.80 bits per heavy atom. The van der Waals surface area contributed by atoms with E-state index >= 15 is 0 Å². The molecule has 0 unspecified atom stereocenters. The Hall–Kier alpha value is -6.88. The summed E-state index contributed by atoms with van der Waals surface area (Å²) in [5.74, 6) is 0.675. The van der Waals surface area contributed by atoms with E-state index in [1.807, 2.05) is 11.3 Å². The van der Waals surface area contributed by atoms with E-state index in [9.17, 15) is 0 Å². The van der Waals surface area contributed by atoms with Gasteiger partial charge >= 0.3 is 0 Å².